The van der Waals surface area contributed by atoms with Crippen molar-refractivity contribution in [3.05, 3.63) is 29.6 Å². The van der Waals surface area contributed by atoms with Crippen LogP contribution in [0.3, 0.4) is 0 Å². The Labute approximate surface area is 116 Å². The maximum atomic E-state index is 13.6. The van der Waals surface area contributed by atoms with Gasteiger partial charge in [0, 0.05) is 6.04 Å². The van der Waals surface area contributed by atoms with Crippen LogP contribution in [0.5, 0.6) is 0 Å². The maximum absolute atomic E-state index is 13.6. The van der Waals surface area contributed by atoms with Crippen LogP contribution in [0.15, 0.2) is 23.1 Å². The van der Waals surface area contributed by atoms with Gasteiger partial charge in [-0.15, -0.1) is 0 Å². The normalized spacial score (nSPS) is 13.4. The molecule has 112 valence electrons. The zero-order chi connectivity index (χ0) is 15.5. The zero-order valence-corrected chi connectivity index (χ0v) is 11.8. The molecule has 6 nitrogen and oxygen atoms in total. The van der Waals surface area contributed by atoms with E-state index in [2.05, 4.69) is 4.72 Å². The summed E-state index contributed by atoms with van der Waals surface area (Å²) < 4.78 is 39.9. The number of sulfonamides is 1. The van der Waals surface area contributed by atoms with Gasteiger partial charge in [0.05, 0.1) is 12.2 Å². The molecule has 1 aromatic rings. The topological polar surface area (TPSA) is 104 Å². The fourth-order valence-electron chi connectivity index (χ4n) is 1.49. The number of nitrogens with one attached hydrogen (secondary N) is 1. The van der Waals surface area contributed by atoms with E-state index in [0.717, 1.165) is 18.2 Å². The molecule has 3 N–H and O–H groups in total. The molecule has 1 atom stereocenters. The number of aliphatic hydroxyl groups excluding tert-OH is 1. The predicted octanol–water partition coefficient (Wildman–Crippen LogP) is 0.819. The average Bonchev–Trinajstić information content (AvgIpc) is 2.35. The third-order valence-corrected chi connectivity index (χ3v) is 4.28. The quantitative estimate of drug-likeness (QED) is 0.722. The number of carboxylic acid groups (broad SMARTS) is 1. The standard InChI is InChI=1S/C12H16FNO5S/c1-7(2)10(6-15)14-20(18,19)11-5-8(12(16)17)3-4-9(11)13/h3-5,7,10,14-15H,6H2,1-2H3,(H,16,17). The summed E-state index contributed by atoms with van der Waals surface area (Å²) in [6, 6.07) is 1.71. The number of carbonyl (C=O) groups is 1. The molecule has 20 heavy (non-hydrogen) atoms. The number of hydrogen-bond acceptors (Lipinski definition) is 4. The molecule has 0 saturated carbocycles. The van der Waals surface area contributed by atoms with Gasteiger partial charge in [0.1, 0.15) is 10.7 Å². The molecule has 8 heteroatoms. The van der Waals surface area contributed by atoms with Gasteiger partial charge in [-0.2, -0.15) is 0 Å². The Morgan fingerprint density at radius 1 is 1.40 bits per heavy atom. The van der Waals surface area contributed by atoms with Gasteiger partial charge in [-0.05, 0) is 24.1 Å². The number of aliphatic hydroxyl groups is 1. The van der Waals surface area contributed by atoms with Gasteiger partial charge >= 0.3 is 5.97 Å². The van der Waals surface area contributed by atoms with Gasteiger partial charge in [-0.25, -0.2) is 22.3 Å². The molecule has 0 aliphatic heterocycles. The van der Waals surface area contributed by atoms with Crippen LogP contribution >= 0.6 is 0 Å². The lowest BCUT2D eigenvalue weighted by Gasteiger charge is -2.20. The Morgan fingerprint density at radius 3 is 2.45 bits per heavy atom. The molecule has 0 bridgehead atoms. The van der Waals surface area contributed by atoms with Crippen molar-refractivity contribution in [1.29, 1.82) is 0 Å². The summed E-state index contributed by atoms with van der Waals surface area (Å²) in [5.41, 5.74) is -0.336. The van der Waals surface area contributed by atoms with Gasteiger partial charge < -0.3 is 10.2 Å². The molecule has 1 aromatic carbocycles. The van der Waals surface area contributed by atoms with Gasteiger partial charge in [-0.1, -0.05) is 13.8 Å². The SMILES string of the molecule is CC(C)C(CO)NS(=O)(=O)c1cc(C(=O)O)ccc1F. The number of carboxylic acids is 1. The van der Waals surface area contributed by atoms with Crippen molar-refractivity contribution in [2.75, 3.05) is 6.61 Å². The fraction of sp³-hybridized carbons (Fsp3) is 0.417. The highest BCUT2D eigenvalue weighted by Crippen LogP contribution is 2.18. The highest BCUT2D eigenvalue weighted by Gasteiger charge is 2.25. The summed E-state index contributed by atoms with van der Waals surface area (Å²) in [4.78, 5) is 10.0. The van der Waals surface area contributed by atoms with Gasteiger partial charge in [-0.3, -0.25) is 0 Å². The van der Waals surface area contributed by atoms with Crippen LogP contribution in [0.4, 0.5) is 4.39 Å². The number of aromatic carboxylic acids is 1. The second kappa shape index (κ2) is 6.29. The number of benzene rings is 1. The fourth-order valence-corrected chi connectivity index (χ4v) is 2.97. The summed E-state index contributed by atoms with van der Waals surface area (Å²) in [6.07, 6.45) is 0. The Bertz CT molecular complexity index is 600. The third kappa shape index (κ3) is 3.75. The molecule has 0 aliphatic carbocycles. The Kier molecular flexibility index (Phi) is 5.21. The molecular formula is C12H16FNO5S. The molecule has 0 fully saturated rings. The molecule has 1 rings (SSSR count). The first-order chi connectivity index (χ1) is 9.19. The van der Waals surface area contributed by atoms with Crippen LogP contribution in [-0.2, 0) is 10.0 Å². The van der Waals surface area contributed by atoms with E-state index in [0.29, 0.717) is 0 Å². The van der Waals surface area contributed by atoms with Crippen molar-refractivity contribution in [3.63, 3.8) is 0 Å². The van der Waals surface area contributed by atoms with E-state index in [1.165, 1.54) is 0 Å². The summed E-state index contributed by atoms with van der Waals surface area (Å²) in [5.74, 6) is -2.62. The lowest BCUT2D eigenvalue weighted by atomic mass is 10.1. The van der Waals surface area contributed by atoms with Gasteiger partial charge in [0.15, 0.2) is 0 Å². The summed E-state index contributed by atoms with van der Waals surface area (Å²) in [6.45, 7) is 2.93. The molecule has 0 amide bonds. The summed E-state index contributed by atoms with van der Waals surface area (Å²) >= 11 is 0. The number of halogens is 1. The van der Waals surface area contributed by atoms with E-state index in [1.807, 2.05) is 0 Å². The molecular weight excluding hydrogens is 289 g/mol. The van der Waals surface area contributed by atoms with E-state index in [9.17, 15) is 17.6 Å². The highest BCUT2D eigenvalue weighted by molar-refractivity contribution is 7.89. The van der Waals surface area contributed by atoms with Crippen LogP contribution in [0.25, 0.3) is 0 Å². The van der Waals surface area contributed by atoms with Gasteiger partial charge in [0.25, 0.3) is 0 Å². The van der Waals surface area contributed by atoms with E-state index in [1.54, 1.807) is 13.8 Å². The molecule has 0 spiro atoms. The minimum Gasteiger partial charge on any atom is -0.478 e. The summed E-state index contributed by atoms with van der Waals surface area (Å²) in [7, 11) is -4.25. The van der Waals surface area contributed by atoms with Crippen molar-refractivity contribution < 1.29 is 27.8 Å². The van der Waals surface area contributed by atoms with E-state index in [-0.39, 0.29) is 11.5 Å². The maximum Gasteiger partial charge on any atom is 0.335 e. The smallest absolute Gasteiger partial charge is 0.335 e. The first-order valence-electron chi connectivity index (χ1n) is 5.85. The number of rotatable bonds is 6. The second-order valence-corrected chi connectivity index (χ2v) is 6.29. The molecule has 0 heterocycles. The van der Waals surface area contributed by atoms with Crippen molar-refractivity contribution in [1.82, 2.24) is 4.72 Å². The Morgan fingerprint density at radius 2 is 2.00 bits per heavy atom. The van der Waals surface area contributed by atoms with E-state index >= 15 is 0 Å². The minimum atomic E-state index is -4.25. The van der Waals surface area contributed by atoms with Crippen LogP contribution in [0, 0.1) is 11.7 Å². The van der Waals surface area contributed by atoms with Crippen LogP contribution in [0.1, 0.15) is 24.2 Å². The highest BCUT2D eigenvalue weighted by atomic mass is 32.2. The Balaban J connectivity index is 3.21. The minimum absolute atomic E-state index is 0.208. The molecule has 0 aliphatic rings. The molecule has 0 aromatic heterocycles. The van der Waals surface area contributed by atoms with E-state index < -0.39 is 39.4 Å². The second-order valence-electron chi connectivity index (χ2n) is 4.60. The monoisotopic (exact) mass is 305 g/mol. The Hall–Kier alpha value is -1.51. The van der Waals surface area contributed by atoms with Crippen molar-refractivity contribution in [2.24, 2.45) is 5.92 Å². The molecule has 0 radical (unpaired) electrons. The molecule has 0 saturated heterocycles. The summed E-state index contributed by atoms with van der Waals surface area (Å²) in [5, 5.41) is 17.9. The van der Waals surface area contributed by atoms with Crippen LogP contribution < -0.4 is 4.72 Å². The lowest BCUT2D eigenvalue weighted by molar-refractivity contribution is 0.0696. The van der Waals surface area contributed by atoms with Crippen LogP contribution in [-0.4, -0.2) is 37.2 Å². The number of hydrogen-bond donors (Lipinski definition) is 3. The predicted molar refractivity (Wildman–Crippen MR) is 69.4 cm³/mol. The van der Waals surface area contributed by atoms with Crippen molar-refractivity contribution >= 4 is 16.0 Å². The van der Waals surface area contributed by atoms with Crippen molar-refractivity contribution in [3.8, 4) is 0 Å². The van der Waals surface area contributed by atoms with E-state index in [4.69, 9.17) is 10.2 Å². The van der Waals surface area contributed by atoms with Gasteiger partial charge in [0.2, 0.25) is 10.0 Å². The lowest BCUT2D eigenvalue weighted by Crippen LogP contribution is -2.41. The molecule has 1 unspecified atom stereocenters. The first-order valence-corrected chi connectivity index (χ1v) is 7.33. The van der Waals surface area contributed by atoms with Crippen molar-refractivity contribution in [2.45, 2.75) is 24.8 Å². The van der Waals surface area contributed by atoms with Crippen LogP contribution in [0.2, 0.25) is 0 Å². The zero-order valence-electron chi connectivity index (χ0n) is 11.0. The largest absolute Gasteiger partial charge is 0.478 e. The first kappa shape index (κ1) is 16.5. The third-order valence-electron chi connectivity index (χ3n) is 2.78. The average molecular weight is 305 g/mol.